The molecule has 0 fully saturated rings. The zero-order valence-corrected chi connectivity index (χ0v) is 10.8. The molecule has 2 nitrogen and oxygen atoms in total. The van der Waals surface area contributed by atoms with Gasteiger partial charge in [0.2, 0.25) is 0 Å². The Labute approximate surface area is 103 Å². The maximum Gasteiger partial charge on any atom is 0.330 e. The quantitative estimate of drug-likeness (QED) is 0.586. The lowest BCUT2D eigenvalue weighted by Gasteiger charge is -2.30. The molecule has 0 aromatic heterocycles. The van der Waals surface area contributed by atoms with E-state index in [-0.39, 0.29) is 17.3 Å². The number of hydrogen-bond acceptors (Lipinski definition) is 2. The van der Waals surface area contributed by atoms with Crippen molar-refractivity contribution in [2.24, 2.45) is 5.41 Å². The van der Waals surface area contributed by atoms with Gasteiger partial charge in [-0.2, -0.15) is 0 Å². The molecule has 1 rings (SSSR count). The lowest BCUT2D eigenvalue weighted by molar-refractivity contribution is -0.138. The first kappa shape index (κ1) is 13.5. The van der Waals surface area contributed by atoms with Gasteiger partial charge in [0, 0.05) is 12.0 Å². The van der Waals surface area contributed by atoms with Gasteiger partial charge >= 0.3 is 5.97 Å². The standard InChI is InChI=1S/C15H20O2/c1-5-14(16)17-11-13(15(2,3)4)12-9-7-6-8-10-12/h5-10,13H,1,11H2,2-4H3. The lowest BCUT2D eigenvalue weighted by Crippen LogP contribution is -2.24. The number of hydrogen-bond donors (Lipinski definition) is 0. The summed E-state index contributed by atoms with van der Waals surface area (Å²) in [5, 5.41) is 0. The van der Waals surface area contributed by atoms with Crippen LogP contribution in [0.4, 0.5) is 0 Å². The Kier molecular flexibility index (Phi) is 4.50. The highest BCUT2D eigenvalue weighted by Crippen LogP contribution is 2.35. The highest BCUT2D eigenvalue weighted by Gasteiger charge is 2.27. The van der Waals surface area contributed by atoms with Gasteiger partial charge in [0.05, 0.1) is 6.61 Å². The number of ether oxygens (including phenoxy) is 1. The van der Waals surface area contributed by atoms with E-state index in [1.54, 1.807) is 0 Å². The van der Waals surface area contributed by atoms with Crippen molar-refractivity contribution in [1.82, 2.24) is 0 Å². The van der Waals surface area contributed by atoms with Crippen LogP contribution in [0.25, 0.3) is 0 Å². The van der Waals surface area contributed by atoms with Crippen molar-refractivity contribution in [1.29, 1.82) is 0 Å². The second kappa shape index (κ2) is 5.67. The molecule has 1 aromatic carbocycles. The van der Waals surface area contributed by atoms with Gasteiger partial charge < -0.3 is 4.74 Å². The molecule has 1 aromatic rings. The summed E-state index contributed by atoms with van der Waals surface area (Å²) < 4.78 is 5.18. The highest BCUT2D eigenvalue weighted by atomic mass is 16.5. The summed E-state index contributed by atoms with van der Waals surface area (Å²) in [6.07, 6.45) is 1.20. The van der Waals surface area contributed by atoms with Crippen LogP contribution in [0.15, 0.2) is 43.0 Å². The van der Waals surface area contributed by atoms with Gasteiger partial charge in [0.1, 0.15) is 0 Å². The molecule has 92 valence electrons. The highest BCUT2D eigenvalue weighted by molar-refractivity contribution is 5.81. The Bertz CT molecular complexity index is 374. The van der Waals surface area contributed by atoms with Crippen LogP contribution < -0.4 is 0 Å². The van der Waals surface area contributed by atoms with Gasteiger partial charge in [0.15, 0.2) is 0 Å². The first-order valence-corrected chi connectivity index (χ1v) is 5.79. The van der Waals surface area contributed by atoms with Crippen molar-refractivity contribution in [2.75, 3.05) is 6.61 Å². The van der Waals surface area contributed by atoms with Gasteiger partial charge in [-0.3, -0.25) is 0 Å². The molecule has 0 amide bonds. The molecule has 0 N–H and O–H groups in total. The number of rotatable bonds is 4. The minimum absolute atomic E-state index is 0.0444. The van der Waals surface area contributed by atoms with Gasteiger partial charge in [0.25, 0.3) is 0 Å². The molecule has 0 aliphatic heterocycles. The van der Waals surface area contributed by atoms with Crippen molar-refractivity contribution in [3.8, 4) is 0 Å². The van der Waals surface area contributed by atoms with Crippen molar-refractivity contribution >= 4 is 5.97 Å². The summed E-state index contributed by atoms with van der Waals surface area (Å²) in [7, 11) is 0. The predicted molar refractivity (Wildman–Crippen MR) is 69.8 cm³/mol. The third kappa shape index (κ3) is 4.06. The van der Waals surface area contributed by atoms with Crippen molar-refractivity contribution in [3.05, 3.63) is 48.6 Å². The van der Waals surface area contributed by atoms with E-state index in [2.05, 4.69) is 39.5 Å². The number of carbonyl (C=O) groups excluding carboxylic acids is 1. The van der Waals surface area contributed by atoms with Gasteiger partial charge in [-0.15, -0.1) is 0 Å². The minimum Gasteiger partial charge on any atom is -0.462 e. The van der Waals surface area contributed by atoms with E-state index >= 15 is 0 Å². The van der Waals surface area contributed by atoms with E-state index in [0.717, 1.165) is 0 Å². The maximum atomic E-state index is 11.1. The van der Waals surface area contributed by atoms with Crippen LogP contribution in [0.1, 0.15) is 32.3 Å². The van der Waals surface area contributed by atoms with Crippen molar-refractivity contribution < 1.29 is 9.53 Å². The van der Waals surface area contributed by atoms with Crippen LogP contribution in [0, 0.1) is 5.41 Å². The van der Waals surface area contributed by atoms with E-state index in [4.69, 9.17) is 4.74 Å². The maximum absolute atomic E-state index is 11.1. The summed E-state index contributed by atoms with van der Waals surface area (Å²) >= 11 is 0. The first-order chi connectivity index (χ1) is 7.95. The molecule has 0 radical (unpaired) electrons. The molecule has 0 spiro atoms. The first-order valence-electron chi connectivity index (χ1n) is 5.79. The van der Waals surface area contributed by atoms with Gasteiger partial charge in [-0.1, -0.05) is 57.7 Å². The van der Waals surface area contributed by atoms with Gasteiger partial charge in [-0.05, 0) is 11.0 Å². The Balaban J connectivity index is 2.83. The Morgan fingerprint density at radius 2 is 1.94 bits per heavy atom. The topological polar surface area (TPSA) is 26.3 Å². The van der Waals surface area contributed by atoms with Crippen LogP contribution in [0.5, 0.6) is 0 Å². The van der Waals surface area contributed by atoms with Crippen molar-refractivity contribution in [2.45, 2.75) is 26.7 Å². The molecule has 0 aliphatic carbocycles. The molecule has 0 saturated heterocycles. The second-order valence-corrected chi connectivity index (χ2v) is 5.16. The second-order valence-electron chi connectivity index (χ2n) is 5.16. The largest absolute Gasteiger partial charge is 0.462 e. The molecule has 2 heteroatoms. The predicted octanol–water partition coefficient (Wildman–Crippen LogP) is 3.55. The van der Waals surface area contributed by atoms with Crippen LogP contribution in [-0.4, -0.2) is 12.6 Å². The summed E-state index contributed by atoms with van der Waals surface area (Å²) in [4.78, 5) is 11.1. The molecule has 0 bridgehead atoms. The van der Waals surface area contributed by atoms with Crippen LogP contribution in [0.3, 0.4) is 0 Å². The summed E-state index contributed by atoms with van der Waals surface area (Å²) in [5.74, 6) is -0.178. The third-order valence-electron chi connectivity index (χ3n) is 2.81. The molecule has 17 heavy (non-hydrogen) atoms. The SMILES string of the molecule is C=CC(=O)OCC(c1ccccc1)C(C)(C)C. The van der Waals surface area contributed by atoms with E-state index < -0.39 is 0 Å². The van der Waals surface area contributed by atoms with E-state index in [1.807, 2.05) is 18.2 Å². The summed E-state index contributed by atoms with van der Waals surface area (Å²) in [5.41, 5.74) is 1.24. The zero-order valence-electron chi connectivity index (χ0n) is 10.8. The van der Waals surface area contributed by atoms with Crippen LogP contribution in [0.2, 0.25) is 0 Å². The molecule has 0 saturated carbocycles. The summed E-state index contributed by atoms with van der Waals surface area (Å²) in [6.45, 7) is 10.2. The Hall–Kier alpha value is -1.57. The van der Waals surface area contributed by atoms with E-state index in [9.17, 15) is 4.79 Å². The van der Waals surface area contributed by atoms with Gasteiger partial charge in [-0.25, -0.2) is 4.79 Å². The normalized spacial score (nSPS) is 12.9. The van der Waals surface area contributed by atoms with E-state index in [1.165, 1.54) is 11.6 Å². The number of benzene rings is 1. The van der Waals surface area contributed by atoms with Crippen LogP contribution >= 0.6 is 0 Å². The Morgan fingerprint density at radius 3 is 2.41 bits per heavy atom. The van der Waals surface area contributed by atoms with E-state index in [0.29, 0.717) is 6.61 Å². The average molecular weight is 232 g/mol. The fourth-order valence-corrected chi connectivity index (χ4v) is 1.76. The molecule has 1 atom stereocenters. The monoisotopic (exact) mass is 232 g/mol. The fourth-order valence-electron chi connectivity index (χ4n) is 1.76. The number of carbonyl (C=O) groups is 1. The molecule has 1 unspecified atom stereocenters. The van der Waals surface area contributed by atoms with Crippen molar-refractivity contribution in [3.63, 3.8) is 0 Å². The lowest BCUT2D eigenvalue weighted by atomic mass is 9.77. The number of esters is 1. The average Bonchev–Trinajstić information content (AvgIpc) is 2.28. The summed E-state index contributed by atoms with van der Waals surface area (Å²) in [6, 6.07) is 10.1. The molecular weight excluding hydrogens is 212 g/mol. The Morgan fingerprint density at radius 1 is 1.35 bits per heavy atom. The molecule has 0 heterocycles. The third-order valence-corrected chi connectivity index (χ3v) is 2.81. The zero-order chi connectivity index (χ0) is 12.9. The minimum atomic E-state index is -0.366. The molecule has 0 aliphatic rings. The smallest absolute Gasteiger partial charge is 0.330 e. The van der Waals surface area contributed by atoms with Crippen LogP contribution in [-0.2, 0) is 9.53 Å². The molecular formula is C15H20O2. The fraction of sp³-hybridized carbons (Fsp3) is 0.400.